The zero-order chi connectivity index (χ0) is 17.4. The van der Waals surface area contributed by atoms with E-state index in [0.717, 1.165) is 5.56 Å². The number of carbonyl (C=O) groups excluding carboxylic acids is 2. The molecule has 0 spiro atoms. The largest absolute Gasteiger partial charge is 0.377 e. The number of anilines is 3. The average molecular weight is 327 g/mol. The minimum Gasteiger partial charge on any atom is -0.377 e. The van der Waals surface area contributed by atoms with Crippen LogP contribution in [-0.2, 0) is 16.1 Å². The fourth-order valence-corrected chi connectivity index (χ4v) is 2.09. The Labute approximate surface area is 141 Å². The second kappa shape index (κ2) is 8.69. The summed E-state index contributed by atoms with van der Waals surface area (Å²) in [6.45, 7) is 4.54. The first-order valence-corrected chi connectivity index (χ1v) is 7.69. The Bertz CT molecular complexity index is 699. The van der Waals surface area contributed by atoms with E-state index in [-0.39, 0.29) is 11.9 Å². The molecular formula is C18H21N3O3. The number of rotatable bonds is 6. The van der Waals surface area contributed by atoms with Crippen LogP contribution in [0.5, 0.6) is 0 Å². The molecule has 0 unspecified atom stereocenters. The summed E-state index contributed by atoms with van der Waals surface area (Å²) in [6, 6.07) is 14.0. The fourth-order valence-electron chi connectivity index (χ4n) is 2.09. The molecule has 0 radical (unpaired) electrons. The first kappa shape index (κ1) is 17.5. The minimum atomic E-state index is -0.337. The van der Waals surface area contributed by atoms with Crippen molar-refractivity contribution >= 4 is 29.0 Å². The van der Waals surface area contributed by atoms with Gasteiger partial charge in [-0.1, -0.05) is 12.1 Å². The van der Waals surface area contributed by atoms with Gasteiger partial charge in [0.05, 0.1) is 6.61 Å². The Morgan fingerprint density at radius 2 is 1.54 bits per heavy atom. The van der Waals surface area contributed by atoms with Crippen LogP contribution < -0.4 is 16.0 Å². The monoisotopic (exact) mass is 327 g/mol. The number of nitrogens with one attached hydrogen (secondary N) is 3. The summed E-state index contributed by atoms with van der Waals surface area (Å²) < 4.78 is 5.36. The molecule has 126 valence electrons. The third-order valence-corrected chi connectivity index (χ3v) is 3.12. The Kier molecular flexibility index (Phi) is 6.33. The summed E-state index contributed by atoms with van der Waals surface area (Å²) >= 11 is 0. The molecule has 0 saturated carbocycles. The molecule has 0 saturated heterocycles. The third kappa shape index (κ3) is 5.73. The SMILES string of the molecule is CCOCc1cccc(NC(=O)Nc2ccc(NC(C)=O)cc2)c1. The predicted molar refractivity (Wildman–Crippen MR) is 95.2 cm³/mol. The number of hydrogen-bond acceptors (Lipinski definition) is 3. The summed E-state index contributed by atoms with van der Waals surface area (Å²) in [5.41, 5.74) is 3.00. The molecule has 2 rings (SSSR count). The van der Waals surface area contributed by atoms with E-state index in [1.165, 1.54) is 6.92 Å². The molecule has 0 bridgehead atoms. The van der Waals surface area contributed by atoms with Crippen LogP contribution in [0.25, 0.3) is 0 Å². The molecular weight excluding hydrogens is 306 g/mol. The van der Waals surface area contributed by atoms with Gasteiger partial charge in [0, 0.05) is 30.6 Å². The topological polar surface area (TPSA) is 79.5 Å². The lowest BCUT2D eigenvalue weighted by atomic mass is 10.2. The second-order valence-corrected chi connectivity index (χ2v) is 5.18. The molecule has 0 aliphatic carbocycles. The quantitative estimate of drug-likeness (QED) is 0.754. The highest BCUT2D eigenvalue weighted by Crippen LogP contribution is 2.15. The van der Waals surface area contributed by atoms with Crippen LogP contribution in [0.15, 0.2) is 48.5 Å². The maximum Gasteiger partial charge on any atom is 0.323 e. The van der Waals surface area contributed by atoms with Gasteiger partial charge in [-0.3, -0.25) is 4.79 Å². The van der Waals surface area contributed by atoms with Crippen LogP contribution in [0.1, 0.15) is 19.4 Å². The number of carbonyl (C=O) groups is 2. The molecule has 2 aromatic carbocycles. The lowest BCUT2D eigenvalue weighted by molar-refractivity contribution is -0.114. The predicted octanol–water partition coefficient (Wildman–Crippen LogP) is 3.83. The van der Waals surface area contributed by atoms with Crippen LogP contribution in [0.2, 0.25) is 0 Å². The number of hydrogen-bond donors (Lipinski definition) is 3. The average Bonchev–Trinajstić information content (AvgIpc) is 2.54. The summed E-state index contributed by atoms with van der Waals surface area (Å²) in [7, 11) is 0. The highest BCUT2D eigenvalue weighted by molar-refractivity contribution is 6.00. The highest BCUT2D eigenvalue weighted by Gasteiger charge is 2.04. The van der Waals surface area contributed by atoms with Crippen molar-refractivity contribution in [2.75, 3.05) is 22.6 Å². The van der Waals surface area contributed by atoms with Gasteiger partial charge in [0.25, 0.3) is 0 Å². The van der Waals surface area contributed by atoms with E-state index < -0.39 is 0 Å². The van der Waals surface area contributed by atoms with Crippen molar-refractivity contribution < 1.29 is 14.3 Å². The molecule has 3 N–H and O–H groups in total. The van der Waals surface area contributed by atoms with Gasteiger partial charge in [-0.2, -0.15) is 0 Å². The van der Waals surface area contributed by atoms with Gasteiger partial charge in [0.1, 0.15) is 0 Å². The maximum atomic E-state index is 12.0. The molecule has 6 nitrogen and oxygen atoms in total. The summed E-state index contributed by atoms with van der Waals surface area (Å²) in [5, 5.41) is 8.19. The van der Waals surface area contributed by atoms with Crippen molar-refractivity contribution in [2.24, 2.45) is 0 Å². The molecule has 0 fully saturated rings. The lowest BCUT2D eigenvalue weighted by Gasteiger charge is -2.10. The highest BCUT2D eigenvalue weighted by atomic mass is 16.5. The van der Waals surface area contributed by atoms with Gasteiger partial charge in [0.15, 0.2) is 0 Å². The standard InChI is InChI=1S/C18H21N3O3/c1-3-24-12-14-5-4-6-17(11-14)21-18(23)20-16-9-7-15(8-10-16)19-13(2)22/h4-11H,3,12H2,1-2H3,(H,19,22)(H2,20,21,23). The number of urea groups is 1. The number of amides is 3. The van der Waals surface area contributed by atoms with E-state index in [0.29, 0.717) is 30.3 Å². The van der Waals surface area contributed by atoms with Crippen LogP contribution in [0.4, 0.5) is 21.9 Å². The number of ether oxygens (including phenoxy) is 1. The van der Waals surface area contributed by atoms with Crippen molar-refractivity contribution in [3.63, 3.8) is 0 Å². The molecule has 0 aliphatic heterocycles. The molecule has 6 heteroatoms. The molecule has 3 amide bonds. The van der Waals surface area contributed by atoms with E-state index in [4.69, 9.17) is 4.74 Å². The maximum absolute atomic E-state index is 12.0. The molecule has 0 aromatic heterocycles. The van der Waals surface area contributed by atoms with E-state index in [2.05, 4.69) is 16.0 Å². The second-order valence-electron chi connectivity index (χ2n) is 5.18. The van der Waals surface area contributed by atoms with Crippen LogP contribution in [0, 0.1) is 0 Å². The zero-order valence-corrected chi connectivity index (χ0v) is 13.8. The molecule has 0 atom stereocenters. The smallest absolute Gasteiger partial charge is 0.323 e. The van der Waals surface area contributed by atoms with Gasteiger partial charge >= 0.3 is 6.03 Å². The van der Waals surface area contributed by atoms with Crippen molar-refractivity contribution in [2.45, 2.75) is 20.5 Å². The van der Waals surface area contributed by atoms with E-state index in [9.17, 15) is 9.59 Å². The van der Waals surface area contributed by atoms with E-state index in [1.807, 2.05) is 31.2 Å². The van der Waals surface area contributed by atoms with Gasteiger partial charge in [-0.25, -0.2) is 4.79 Å². The Balaban J connectivity index is 1.92. The normalized spacial score (nSPS) is 10.1. The van der Waals surface area contributed by atoms with Gasteiger partial charge < -0.3 is 20.7 Å². The van der Waals surface area contributed by atoms with Crippen molar-refractivity contribution in [1.29, 1.82) is 0 Å². The van der Waals surface area contributed by atoms with Crippen LogP contribution >= 0.6 is 0 Å². The Morgan fingerprint density at radius 1 is 0.917 bits per heavy atom. The first-order valence-electron chi connectivity index (χ1n) is 7.69. The van der Waals surface area contributed by atoms with E-state index >= 15 is 0 Å². The van der Waals surface area contributed by atoms with Crippen molar-refractivity contribution in [3.8, 4) is 0 Å². The number of benzene rings is 2. The third-order valence-electron chi connectivity index (χ3n) is 3.12. The van der Waals surface area contributed by atoms with Crippen molar-refractivity contribution in [1.82, 2.24) is 0 Å². The molecule has 2 aromatic rings. The van der Waals surface area contributed by atoms with Gasteiger partial charge in [-0.05, 0) is 48.9 Å². The Morgan fingerprint density at radius 3 is 2.17 bits per heavy atom. The molecule has 0 heterocycles. The Hall–Kier alpha value is -2.86. The van der Waals surface area contributed by atoms with Crippen LogP contribution in [-0.4, -0.2) is 18.5 Å². The minimum absolute atomic E-state index is 0.139. The summed E-state index contributed by atoms with van der Waals surface area (Å²) in [4.78, 5) is 23.0. The van der Waals surface area contributed by atoms with Gasteiger partial charge in [0.2, 0.25) is 5.91 Å². The fraction of sp³-hybridized carbons (Fsp3) is 0.222. The summed E-state index contributed by atoms with van der Waals surface area (Å²) in [5.74, 6) is -0.139. The van der Waals surface area contributed by atoms with E-state index in [1.54, 1.807) is 24.3 Å². The zero-order valence-electron chi connectivity index (χ0n) is 13.8. The van der Waals surface area contributed by atoms with Gasteiger partial charge in [-0.15, -0.1) is 0 Å². The summed E-state index contributed by atoms with van der Waals surface area (Å²) in [6.07, 6.45) is 0. The first-order chi connectivity index (χ1) is 11.6. The van der Waals surface area contributed by atoms with Crippen LogP contribution in [0.3, 0.4) is 0 Å². The molecule has 24 heavy (non-hydrogen) atoms. The molecule has 0 aliphatic rings. The lowest BCUT2D eigenvalue weighted by Crippen LogP contribution is -2.19. The van der Waals surface area contributed by atoms with Crippen molar-refractivity contribution in [3.05, 3.63) is 54.1 Å².